The molecule has 1 aliphatic heterocycles. The van der Waals surface area contributed by atoms with Crippen molar-refractivity contribution in [1.82, 2.24) is 10.2 Å². The Hall–Kier alpha value is -0.0800. The summed E-state index contributed by atoms with van der Waals surface area (Å²) in [5.41, 5.74) is 0. The van der Waals surface area contributed by atoms with Gasteiger partial charge in [-0.3, -0.25) is 0 Å². The first kappa shape index (κ1) is 9.01. The van der Waals surface area contributed by atoms with Crippen LogP contribution in [0.2, 0.25) is 0 Å². The van der Waals surface area contributed by atoms with Crippen LogP contribution in [0.25, 0.3) is 0 Å². The number of hydrogen-bond acceptors (Lipinski definition) is 2. The Bertz CT molecular complexity index is 117. The van der Waals surface area contributed by atoms with Crippen molar-refractivity contribution in [1.29, 1.82) is 0 Å². The third-order valence-corrected chi connectivity index (χ3v) is 2.58. The van der Waals surface area contributed by atoms with Crippen LogP contribution in [-0.4, -0.2) is 37.6 Å². The Morgan fingerprint density at radius 1 is 1.36 bits per heavy atom. The summed E-state index contributed by atoms with van der Waals surface area (Å²) in [6, 6.07) is 0.945. The molecule has 0 bridgehead atoms. The second-order valence-electron chi connectivity index (χ2n) is 3.70. The number of nitrogens with zero attached hydrogens (tertiary/aromatic N) is 1. The quantitative estimate of drug-likeness (QED) is 0.654. The zero-order valence-corrected chi connectivity index (χ0v) is 6.64. The first-order valence-corrected chi connectivity index (χ1v) is 4.27. The summed E-state index contributed by atoms with van der Waals surface area (Å²) >= 11 is 0. The Morgan fingerprint density at radius 2 is 2.00 bits per heavy atom. The largest absolute Gasteiger partial charge is 0.316 e. The van der Waals surface area contributed by atoms with E-state index in [9.17, 15) is 0 Å². The van der Waals surface area contributed by atoms with Crippen LogP contribution in [0.15, 0.2) is 0 Å². The minimum absolute atomic E-state index is 0. The van der Waals surface area contributed by atoms with E-state index in [-0.39, 0.29) is 7.43 Å². The molecule has 1 aliphatic carbocycles. The fraction of sp³-hybridized carbons (Fsp3) is 1.00. The fourth-order valence-corrected chi connectivity index (χ4v) is 1.55. The summed E-state index contributed by atoms with van der Waals surface area (Å²) in [5.74, 6) is 0.950. The second-order valence-corrected chi connectivity index (χ2v) is 3.70. The van der Waals surface area contributed by atoms with Gasteiger partial charge in [0.2, 0.25) is 0 Å². The third kappa shape index (κ3) is 2.17. The van der Waals surface area contributed by atoms with Gasteiger partial charge in [-0.25, -0.2) is 0 Å². The lowest BCUT2D eigenvalue weighted by atomic mass is 10.0. The zero-order chi connectivity index (χ0) is 6.97. The highest BCUT2D eigenvalue weighted by Gasteiger charge is 2.28. The molecule has 0 aromatic rings. The van der Waals surface area contributed by atoms with Crippen molar-refractivity contribution >= 4 is 0 Å². The molecule has 2 rings (SSSR count). The highest BCUT2D eigenvalue weighted by Crippen LogP contribution is 2.26. The molecule has 1 N–H and O–H groups in total. The lowest BCUT2D eigenvalue weighted by Crippen LogP contribution is -2.47. The van der Waals surface area contributed by atoms with Gasteiger partial charge < -0.3 is 10.2 Å². The molecule has 2 aliphatic rings. The van der Waals surface area contributed by atoms with Crippen molar-refractivity contribution in [3.8, 4) is 0 Å². The SMILES string of the molecule is C.CN(CC1CNC1)C1CC1. The van der Waals surface area contributed by atoms with Gasteiger partial charge in [-0.2, -0.15) is 0 Å². The Balaban J connectivity index is 0.000000605. The smallest absolute Gasteiger partial charge is 0.00935 e. The standard InChI is InChI=1S/C8H16N2.CH4/c1-10(8-2-3-8)6-7-4-9-5-7;/h7-9H,2-6H2,1H3;1H4. The fourth-order valence-electron chi connectivity index (χ4n) is 1.55. The van der Waals surface area contributed by atoms with Gasteiger partial charge in [-0.1, -0.05) is 7.43 Å². The minimum atomic E-state index is 0. The van der Waals surface area contributed by atoms with Gasteiger partial charge in [0.25, 0.3) is 0 Å². The molecule has 0 aromatic carbocycles. The van der Waals surface area contributed by atoms with Crippen LogP contribution in [0, 0.1) is 5.92 Å². The van der Waals surface area contributed by atoms with Crippen molar-refractivity contribution in [3.05, 3.63) is 0 Å². The predicted molar refractivity (Wildman–Crippen MR) is 48.7 cm³/mol. The molecule has 2 heteroatoms. The van der Waals surface area contributed by atoms with Gasteiger partial charge in [0, 0.05) is 25.7 Å². The average Bonchev–Trinajstić information content (AvgIpc) is 2.58. The Morgan fingerprint density at radius 3 is 2.36 bits per heavy atom. The maximum absolute atomic E-state index is 3.30. The molecular weight excluding hydrogens is 136 g/mol. The van der Waals surface area contributed by atoms with E-state index in [2.05, 4.69) is 17.3 Å². The van der Waals surface area contributed by atoms with E-state index < -0.39 is 0 Å². The van der Waals surface area contributed by atoms with Crippen LogP contribution in [0.5, 0.6) is 0 Å². The number of rotatable bonds is 3. The minimum Gasteiger partial charge on any atom is -0.316 e. The van der Waals surface area contributed by atoms with Crippen molar-refractivity contribution in [2.24, 2.45) is 5.92 Å². The number of hydrogen-bond donors (Lipinski definition) is 1. The number of nitrogens with one attached hydrogen (secondary N) is 1. The summed E-state index contributed by atoms with van der Waals surface area (Å²) in [4.78, 5) is 2.52. The van der Waals surface area contributed by atoms with E-state index in [0.717, 1.165) is 12.0 Å². The molecule has 0 amide bonds. The highest BCUT2D eigenvalue weighted by atomic mass is 15.2. The van der Waals surface area contributed by atoms with Crippen LogP contribution in [0.1, 0.15) is 20.3 Å². The normalized spacial score (nSPS) is 24.5. The lowest BCUT2D eigenvalue weighted by Gasteiger charge is -2.31. The van der Waals surface area contributed by atoms with Crippen molar-refractivity contribution < 1.29 is 0 Å². The van der Waals surface area contributed by atoms with E-state index in [4.69, 9.17) is 0 Å². The summed E-state index contributed by atoms with van der Waals surface area (Å²) in [6.45, 7) is 3.81. The summed E-state index contributed by atoms with van der Waals surface area (Å²) in [7, 11) is 2.26. The van der Waals surface area contributed by atoms with Crippen LogP contribution < -0.4 is 5.32 Å². The maximum atomic E-state index is 3.30. The van der Waals surface area contributed by atoms with Crippen LogP contribution in [0.4, 0.5) is 0 Å². The third-order valence-electron chi connectivity index (χ3n) is 2.58. The predicted octanol–water partition coefficient (Wildman–Crippen LogP) is 0.936. The molecule has 0 radical (unpaired) electrons. The molecule has 66 valence electrons. The van der Waals surface area contributed by atoms with Gasteiger partial charge >= 0.3 is 0 Å². The second kappa shape index (κ2) is 3.55. The molecule has 1 saturated carbocycles. The molecule has 1 heterocycles. The van der Waals surface area contributed by atoms with Gasteiger partial charge in [-0.05, 0) is 25.8 Å². The molecule has 11 heavy (non-hydrogen) atoms. The van der Waals surface area contributed by atoms with Crippen LogP contribution >= 0.6 is 0 Å². The van der Waals surface area contributed by atoms with E-state index >= 15 is 0 Å². The van der Waals surface area contributed by atoms with E-state index in [1.165, 1.54) is 32.5 Å². The molecule has 2 nitrogen and oxygen atoms in total. The van der Waals surface area contributed by atoms with Crippen molar-refractivity contribution in [2.45, 2.75) is 26.3 Å². The molecule has 2 fully saturated rings. The van der Waals surface area contributed by atoms with Gasteiger partial charge in [0.1, 0.15) is 0 Å². The Kier molecular flexibility index (Phi) is 2.90. The highest BCUT2D eigenvalue weighted by molar-refractivity contribution is 4.86. The van der Waals surface area contributed by atoms with E-state index in [1.54, 1.807) is 0 Å². The summed E-state index contributed by atoms with van der Waals surface area (Å²) < 4.78 is 0. The average molecular weight is 156 g/mol. The topological polar surface area (TPSA) is 15.3 Å². The van der Waals surface area contributed by atoms with E-state index in [0.29, 0.717) is 0 Å². The van der Waals surface area contributed by atoms with Crippen LogP contribution in [0.3, 0.4) is 0 Å². The van der Waals surface area contributed by atoms with Crippen molar-refractivity contribution in [2.75, 3.05) is 26.7 Å². The van der Waals surface area contributed by atoms with Crippen molar-refractivity contribution in [3.63, 3.8) is 0 Å². The molecule has 1 saturated heterocycles. The molecule has 0 spiro atoms. The molecular formula is C9H20N2. The summed E-state index contributed by atoms with van der Waals surface area (Å²) in [5, 5.41) is 3.30. The monoisotopic (exact) mass is 156 g/mol. The summed E-state index contributed by atoms with van der Waals surface area (Å²) in [6.07, 6.45) is 2.88. The maximum Gasteiger partial charge on any atom is 0.00935 e. The Labute approximate surface area is 70.0 Å². The van der Waals surface area contributed by atoms with Gasteiger partial charge in [0.15, 0.2) is 0 Å². The van der Waals surface area contributed by atoms with Gasteiger partial charge in [0.05, 0.1) is 0 Å². The van der Waals surface area contributed by atoms with Crippen LogP contribution in [-0.2, 0) is 0 Å². The molecule has 0 atom stereocenters. The first-order valence-electron chi connectivity index (χ1n) is 4.27. The first-order chi connectivity index (χ1) is 4.86. The van der Waals surface area contributed by atoms with Gasteiger partial charge in [-0.15, -0.1) is 0 Å². The lowest BCUT2D eigenvalue weighted by molar-refractivity contribution is 0.217. The molecule has 0 unspecified atom stereocenters. The van der Waals surface area contributed by atoms with E-state index in [1.807, 2.05) is 0 Å². The zero-order valence-electron chi connectivity index (χ0n) is 6.64. The molecule has 0 aromatic heterocycles.